The Balaban J connectivity index is 1.38. The Hall–Kier alpha value is -2.71. The number of nitrogens with zero attached hydrogens (tertiary/aromatic N) is 5. The minimum absolute atomic E-state index is 0.0360. The standard InChI is InChI=1S/C25H38N6O3/c1-16(2)21-26-18(4)11-19(27-21)29-7-9-30(10-8-29)20(32)14-31-22(33)25(28-23(31)34)13-17(3)12-24(5,6)15-25/h11,16-17H,7-10,12-15H2,1-6H3,(H,28,34)/t17-,25+/m0/s1. The van der Waals surface area contributed by atoms with Crippen LogP contribution < -0.4 is 10.2 Å². The van der Waals surface area contributed by atoms with E-state index < -0.39 is 11.6 Å². The van der Waals surface area contributed by atoms with Gasteiger partial charge in [0.2, 0.25) is 5.91 Å². The van der Waals surface area contributed by atoms with Crippen LogP contribution in [0.25, 0.3) is 0 Å². The number of urea groups is 1. The maximum absolute atomic E-state index is 13.3. The second kappa shape index (κ2) is 8.82. The average Bonchev–Trinajstić information content (AvgIpc) is 2.95. The van der Waals surface area contributed by atoms with Crippen molar-refractivity contribution in [3.8, 4) is 0 Å². The summed E-state index contributed by atoms with van der Waals surface area (Å²) >= 11 is 0. The number of aromatic nitrogens is 2. The molecule has 2 saturated heterocycles. The molecule has 1 aliphatic carbocycles. The van der Waals surface area contributed by atoms with Crippen LogP contribution in [0.15, 0.2) is 6.07 Å². The maximum atomic E-state index is 13.3. The molecule has 1 N–H and O–H groups in total. The molecule has 34 heavy (non-hydrogen) atoms. The molecule has 1 saturated carbocycles. The van der Waals surface area contributed by atoms with E-state index in [1.165, 1.54) is 0 Å². The SMILES string of the molecule is Cc1cc(N2CCN(C(=O)CN3C(=O)N[C@@]4(C[C@@H](C)CC(C)(C)C4)C3=O)CC2)nc(C(C)C)n1. The van der Waals surface area contributed by atoms with Crippen molar-refractivity contribution in [1.82, 2.24) is 25.1 Å². The molecule has 2 atom stereocenters. The minimum Gasteiger partial charge on any atom is -0.353 e. The van der Waals surface area contributed by atoms with E-state index in [4.69, 9.17) is 4.98 Å². The summed E-state index contributed by atoms with van der Waals surface area (Å²) in [6.45, 7) is 14.7. The lowest BCUT2D eigenvalue weighted by Crippen LogP contribution is -2.55. The van der Waals surface area contributed by atoms with Crippen molar-refractivity contribution in [2.45, 2.75) is 72.3 Å². The third kappa shape index (κ3) is 4.74. The van der Waals surface area contributed by atoms with Gasteiger partial charge in [-0.3, -0.25) is 14.5 Å². The number of hydrogen-bond donors (Lipinski definition) is 1. The van der Waals surface area contributed by atoms with Gasteiger partial charge in [0.25, 0.3) is 5.91 Å². The molecule has 0 radical (unpaired) electrons. The summed E-state index contributed by atoms with van der Waals surface area (Å²) in [5.41, 5.74) is 0.0157. The molecule has 1 aromatic rings. The number of carbonyl (C=O) groups is 3. The smallest absolute Gasteiger partial charge is 0.325 e. The van der Waals surface area contributed by atoms with Crippen LogP contribution >= 0.6 is 0 Å². The van der Waals surface area contributed by atoms with E-state index in [1.54, 1.807) is 4.90 Å². The number of imide groups is 1. The summed E-state index contributed by atoms with van der Waals surface area (Å²) in [5, 5.41) is 2.96. The van der Waals surface area contributed by atoms with Crippen LogP contribution in [0.4, 0.5) is 10.6 Å². The van der Waals surface area contributed by atoms with Crippen molar-refractivity contribution in [1.29, 1.82) is 0 Å². The largest absolute Gasteiger partial charge is 0.353 e. The zero-order valence-electron chi connectivity index (χ0n) is 21.3. The molecule has 4 rings (SSSR count). The zero-order chi connectivity index (χ0) is 24.8. The Labute approximate surface area is 202 Å². The molecule has 9 nitrogen and oxygen atoms in total. The van der Waals surface area contributed by atoms with Crippen LogP contribution in [0.3, 0.4) is 0 Å². The van der Waals surface area contributed by atoms with E-state index in [-0.39, 0.29) is 29.7 Å². The third-order valence-corrected chi connectivity index (χ3v) is 7.25. The molecule has 9 heteroatoms. The molecule has 0 bridgehead atoms. The fraction of sp³-hybridized carbons (Fsp3) is 0.720. The molecule has 1 aromatic heterocycles. The molecule has 1 spiro atoms. The zero-order valence-corrected chi connectivity index (χ0v) is 21.3. The van der Waals surface area contributed by atoms with Gasteiger partial charge in [-0.2, -0.15) is 0 Å². The van der Waals surface area contributed by atoms with Crippen LogP contribution in [0.1, 0.15) is 71.3 Å². The topological polar surface area (TPSA) is 98.7 Å². The quantitative estimate of drug-likeness (QED) is 0.680. The molecule has 3 fully saturated rings. The highest BCUT2D eigenvalue weighted by Crippen LogP contribution is 2.46. The van der Waals surface area contributed by atoms with Crippen molar-refractivity contribution in [2.24, 2.45) is 11.3 Å². The fourth-order valence-electron chi connectivity index (χ4n) is 6.06. The Kier molecular flexibility index (Phi) is 6.33. The van der Waals surface area contributed by atoms with E-state index in [9.17, 15) is 14.4 Å². The van der Waals surface area contributed by atoms with Crippen molar-refractivity contribution in [3.05, 3.63) is 17.6 Å². The van der Waals surface area contributed by atoms with E-state index in [1.807, 2.05) is 13.0 Å². The molecule has 4 amide bonds. The van der Waals surface area contributed by atoms with Gasteiger partial charge >= 0.3 is 6.03 Å². The molecule has 0 aromatic carbocycles. The summed E-state index contributed by atoms with van der Waals surface area (Å²) in [4.78, 5) is 53.4. The summed E-state index contributed by atoms with van der Waals surface area (Å²) in [6.07, 6.45) is 2.25. The number of amides is 4. The van der Waals surface area contributed by atoms with Gasteiger partial charge in [0.15, 0.2) is 0 Å². The third-order valence-electron chi connectivity index (χ3n) is 7.25. The first kappa shape index (κ1) is 24.4. The van der Waals surface area contributed by atoms with Crippen LogP contribution in [0, 0.1) is 18.3 Å². The van der Waals surface area contributed by atoms with Gasteiger partial charge in [0.05, 0.1) is 0 Å². The number of hydrogen-bond acceptors (Lipinski definition) is 6. The molecular weight excluding hydrogens is 432 g/mol. The number of anilines is 1. The van der Waals surface area contributed by atoms with Crippen molar-refractivity contribution >= 4 is 23.7 Å². The predicted molar refractivity (Wildman–Crippen MR) is 129 cm³/mol. The van der Waals surface area contributed by atoms with Crippen LogP contribution in [0.5, 0.6) is 0 Å². The Morgan fingerprint density at radius 2 is 1.82 bits per heavy atom. The summed E-state index contributed by atoms with van der Waals surface area (Å²) in [6, 6.07) is 1.53. The number of rotatable bonds is 4. The molecule has 3 heterocycles. The Morgan fingerprint density at radius 3 is 2.44 bits per heavy atom. The molecule has 0 unspecified atom stereocenters. The van der Waals surface area contributed by atoms with Crippen LogP contribution in [-0.2, 0) is 9.59 Å². The van der Waals surface area contributed by atoms with Gasteiger partial charge in [-0.05, 0) is 37.5 Å². The predicted octanol–water partition coefficient (Wildman–Crippen LogP) is 2.69. The summed E-state index contributed by atoms with van der Waals surface area (Å²) in [5.74, 6) is 1.84. The number of carbonyl (C=O) groups excluding carboxylic acids is 3. The van der Waals surface area contributed by atoms with E-state index >= 15 is 0 Å². The van der Waals surface area contributed by atoms with E-state index in [0.717, 1.165) is 28.7 Å². The first-order chi connectivity index (χ1) is 15.9. The van der Waals surface area contributed by atoms with Crippen LogP contribution in [0.2, 0.25) is 0 Å². The van der Waals surface area contributed by atoms with E-state index in [2.05, 4.69) is 49.8 Å². The molecule has 2 aliphatic heterocycles. The summed E-state index contributed by atoms with van der Waals surface area (Å²) < 4.78 is 0. The average molecular weight is 471 g/mol. The highest BCUT2D eigenvalue weighted by atomic mass is 16.2. The lowest BCUT2D eigenvalue weighted by atomic mass is 9.64. The van der Waals surface area contributed by atoms with E-state index in [0.29, 0.717) is 44.9 Å². The van der Waals surface area contributed by atoms with Gasteiger partial charge in [0.1, 0.15) is 23.7 Å². The monoisotopic (exact) mass is 470 g/mol. The van der Waals surface area contributed by atoms with Crippen molar-refractivity contribution in [3.63, 3.8) is 0 Å². The Bertz CT molecular complexity index is 985. The van der Waals surface area contributed by atoms with Crippen molar-refractivity contribution < 1.29 is 14.4 Å². The van der Waals surface area contributed by atoms with Crippen molar-refractivity contribution in [2.75, 3.05) is 37.6 Å². The van der Waals surface area contributed by atoms with Gasteiger partial charge in [-0.1, -0.05) is 34.6 Å². The number of aryl methyl sites for hydroxylation is 1. The first-order valence-corrected chi connectivity index (χ1v) is 12.4. The van der Waals surface area contributed by atoms with Gasteiger partial charge in [-0.15, -0.1) is 0 Å². The lowest BCUT2D eigenvalue weighted by Gasteiger charge is -2.43. The normalized spacial score (nSPS) is 27.0. The molecule has 186 valence electrons. The number of nitrogens with one attached hydrogen (secondary N) is 1. The second-order valence-corrected chi connectivity index (χ2v) is 11.5. The van der Waals surface area contributed by atoms with Gasteiger partial charge < -0.3 is 15.1 Å². The lowest BCUT2D eigenvalue weighted by molar-refractivity contribution is -0.140. The highest BCUT2D eigenvalue weighted by Gasteiger charge is 2.56. The first-order valence-electron chi connectivity index (χ1n) is 12.4. The summed E-state index contributed by atoms with van der Waals surface area (Å²) in [7, 11) is 0. The second-order valence-electron chi connectivity index (χ2n) is 11.5. The fourth-order valence-corrected chi connectivity index (χ4v) is 6.06. The number of piperazine rings is 1. The van der Waals surface area contributed by atoms with Gasteiger partial charge in [0, 0.05) is 43.9 Å². The molecular formula is C25H38N6O3. The van der Waals surface area contributed by atoms with Gasteiger partial charge in [-0.25, -0.2) is 14.8 Å². The maximum Gasteiger partial charge on any atom is 0.325 e. The Morgan fingerprint density at radius 1 is 1.15 bits per heavy atom. The minimum atomic E-state index is -0.879. The molecule has 3 aliphatic rings. The van der Waals surface area contributed by atoms with Crippen LogP contribution in [-0.4, -0.2) is 75.9 Å². The highest BCUT2D eigenvalue weighted by molar-refractivity contribution is 6.09.